The minimum Gasteiger partial charge on any atom is -0.308 e. The van der Waals surface area contributed by atoms with Crippen molar-refractivity contribution in [1.82, 2.24) is 10.3 Å². The van der Waals surface area contributed by atoms with Gasteiger partial charge in [0.25, 0.3) is 0 Å². The van der Waals surface area contributed by atoms with E-state index in [0.717, 1.165) is 12.5 Å². The number of nitrogens with one attached hydrogen (secondary N) is 1. The van der Waals surface area contributed by atoms with Crippen LogP contribution in [0.25, 0.3) is 0 Å². The molecule has 0 amide bonds. The molecule has 2 heteroatoms. The molecule has 2 nitrogen and oxygen atoms in total. The van der Waals surface area contributed by atoms with Gasteiger partial charge in [0.1, 0.15) is 0 Å². The molecular formula is C10H14N2. The molecule has 0 saturated carbocycles. The molecule has 1 aromatic rings. The van der Waals surface area contributed by atoms with Crippen molar-refractivity contribution in [2.75, 3.05) is 6.54 Å². The Balaban J connectivity index is 2.19. The van der Waals surface area contributed by atoms with E-state index in [1.54, 1.807) is 0 Å². The Kier molecular flexibility index (Phi) is 2.09. The Bertz CT molecular complexity index is 245. The number of nitrogens with zero attached hydrogens (tertiary/aromatic N) is 1. The van der Waals surface area contributed by atoms with E-state index in [0.29, 0.717) is 6.04 Å². The molecular weight excluding hydrogens is 148 g/mol. The van der Waals surface area contributed by atoms with Crippen molar-refractivity contribution >= 4 is 0 Å². The van der Waals surface area contributed by atoms with Gasteiger partial charge in [-0.2, -0.15) is 0 Å². The van der Waals surface area contributed by atoms with Crippen LogP contribution in [0.4, 0.5) is 0 Å². The molecule has 0 aromatic carbocycles. The van der Waals surface area contributed by atoms with Crippen LogP contribution in [0.15, 0.2) is 24.4 Å². The summed E-state index contributed by atoms with van der Waals surface area (Å²) in [4.78, 5) is 4.35. The lowest BCUT2D eigenvalue weighted by atomic mass is 10.0. The highest BCUT2D eigenvalue weighted by Gasteiger charge is 2.24. The number of hydrogen-bond donors (Lipinski definition) is 1. The van der Waals surface area contributed by atoms with Crippen LogP contribution >= 0.6 is 0 Å². The lowest BCUT2D eigenvalue weighted by molar-refractivity contribution is 0.492. The number of rotatable bonds is 1. The molecule has 2 rings (SSSR count). The van der Waals surface area contributed by atoms with Gasteiger partial charge in [0.05, 0.1) is 11.7 Å². The average Bonchev–Trinajstić information content (AvgIpc) is 2.53. The lowest BCUT2D eigenvalue weighted by Crippen LogP contribution is -2.17. The fourth-order valence-corrected chi connectivity index (χ4v) is 1.79. The van der Waals surface area contributed by atoms with Crippen LogP contribution in [-0.2, 0) is 0 Å². The molecule has 2 heterocycles. The maximum Gasteiger partial charge on any atom is 0.0575 e. The molecule has 1 N–H and O–H groups in total. The molecule has 0 spiro atoms. The van der Waals surface area contributed by atoms with Gasteiger partial charge in [0, 0.05) is 6.20 Å². The summed E-state index contributed by atoms with van der Waals surface area (Å²) in [6, 6.07) is 6.59. The van der Waals surface area contributed by atoms with Gasteiger partial charge in [-0.1, -0.05) is 13.0 Å². The van der Waals surface area contributed by atoms with Gasteiger partial charge in [-0.15, -0.1) is 0 Å². The Labute approximate surface area is 73.0 Å². The van der Waals surface area contributed by atoms with Crippen LogP contribution in [0.2, 0.25) is 0 Å². The van der Waals surface area contributed by atoms with Crippen LogP contribution in [0.3, 0.4) is 0 Å². The summed E-state index contributed by atoms with van der Waals surface area (Å²) in [5.74, 6) is 0.722. The lowest BCUT2D eigenvalue weighted by Gasteiger charge is -2.13. The zero-order valence-corrected chi connectivity index (χ0v) is 7.33. The average molecular weight is 162 g/mol. The summed E-state index contributed by atoms with van der Waals surface area (Å²) in [5, 5.41) is 3.46. The van der Waals surface area contributed by atoms with E-state index in [1.807, 2.05) is 12.3 Å². The third-order valence-electron chi connectivity index (χ3n) is 2.54. The molecule has 1 aliphatic rings. The molecule has 1 aromatic heterocycles. The highest BCUT2D eigenvalue weighted by molar-refractivity contribution is 5.11. The third kappa shape index (κ3) is 1.34. The van der Waals surface area contributed by atoms with Crippen molar-refractivity contribution in [2.45, 2.75) is 19.4 Å². The predicted molar refractivity (Wildman–Crippen MR) is 48.8 cm³/mol. The van der Waals surface area contributed by atoms with Crippen molar-refractivity contribution in [3.05, 3.63) is 30.1 Å². The highest BCUT2D eigenvalue weighted by Crippen LogP contribution is 2.26. The topological polar surface area (TPSA) is 24.9 Å². The maximum atomic E-state index is 4.35. The molecule has 12 heavy (non-hydrogen) atoms. The van der Waals surface area contributed by atoms with Crippen molar-refractivity contribution in [3.8, 4) is 0 Å². The molecule has 2 atom stereocenters. The van der Waals surface area contributed by atoms with Gasteiger partial charge in [-0.05, 0) is 31.0 Å². The summed E-state index contributed by atoms with van der Waals surface area (Å²) >= 11 is 0. The van der Waals surface area contributed by atoms with Gasteiger partial charge < -0.3 is 5.32 Å². The second kappa shape index (κ2) is 3.23. The number of pyridine rings is 1. The minimum atomic E-state index is 0.478. The Morgan fingerprint density at radius 3 is 3.00 bits per heavy atom. The first kappa shape index (κ1) is 7.74. The summed E-state index contributed by atoms with van der Waals surface area (Å²) in [5.41, 5.74) is 1.18. The molecule has 1 saturated heterocycles. The van der Waals surface area contributed by atoms with E-state index < -0.39 is 0 Å². The van der Waals surface area contributed by atoms with Gasteiger partial charge in [0.2, 0.25) is 0 Å². The molecule has 1 aliphatic heterocycles. The summed E-state index contributed by atoms with van der Waals surface area (Å²) in [7, 11) is 0. The summed E-state index contributed by atoms with van der Waals surface area (Å²) in [6.07, 6.45) is 3.13. The monoisotopic (exact) mass is 162 g/mol. The molecule has 0 unspecified atom stereocenters. The first-order valence-corrected chi connectivity index (χ1v) is 4.52. The van der Waals surface area contributed by atoms with Gasteiger partial charge in [0.15, 0.2) is 0 Å². The first-order valence-electron chi connectivity index (χ1n) is 4.52. The Morgan fingerprint density at radius 1 is 1.50 bits per heavy atom. The highest BCUT2D eigenvalue weighted by atomic mass is 15.0. The largest absolute Gasteiger partial charge is 0.308 e. The fourth-order valence-electron chi connectivity index (χ4n) is 1.79. The second-order valence-corrected chi connectivity index (χ2v) is 3.45. The zero-order chi connectivity index (χ0) is 8.39. The summed E-state index contributed by atoms with van der Waals surface area (Å²) in [6.45, 7) is 3.40. The van der Waals surface area contributed by atoms with Crippen molar-refractivity contribution in [3.63, 3.8) is 0 Å². The van der Waals surface area contributed by atoms with E-state index >= 15 is 0 Å². The van der Waals surface area contributed by atoms with E-state index in [-0.39, 0.29) is 0 Å². The minimum absolute atomic E-state index is 0.478. The predicted octanol–water partition coefficient (Wildman–Crippen LogP) is 1.75. The maximum absolute atomic E-state index is 4.35. The van der Waals surface area contributed by atoms with Crippen molar-refractivity contribution in [2.24, 2.45) is 5.92 Å². The van der Waals surface area contributed by atoms with Crippen molar-refractivity contribution < 1.29 is 0 Å². The van der Waals surface area contributed by atoms with Gasteiger partial charge >= 0.3 is 0 Å². The van der Waals surface area contributed by atoms with Crippen LogP contribution in [0.1, 0.15) is 25.1 Å². The quantitative estimate of drug-likeness (QED) is 0.680. The molecule has 64 valence electrons. The Morgan fingerprint density at radius 2 is 2.42 bits per heavy atom. The summed E-state index contributed by atoms with van der Waals surface area (Å²) < 4.78 is 0. The third-order valence-corrected chi connectivity index (χ3v) is 2.54. The molecule has 0 bridgehead atoms. The zero-order valence-electron chi connectivity index (χ0n) is 7.33. The van der Waals surface area contributed by atoms with Crippen LogP contribution in [0, 0.1) is 5.92 Å². The fraction of sp³-hybridized carbons (Fsp3) is 0.500. The number of aromatic nitrogens is 1. The standard InChI is InChI=1S/C10H14N2/c1-8-5-7-12-10(8)9-4-2-3-6-11-9/h2-4,6,8,10,12H,5,7H2,1H3/t8-,10-/m0/s1. The van der Waals surface area contributed by atoms with E-state index in [2.05, 4.69) is 29.4 Å². The molecule has 0 radical (unpaired) electrons. The van der Waals surface area contributed by atoms with Crippen molar-refractivity contribution in [1.29, 1.82) is 0 Å². The van der Waals surface area contributed by atoms with E-state index in [1.165, 1.54) is 12.1 Å². The van der Waals surface area contributed by atoms with Gasteiger partial charge in [-0.3, -0.25) is 4.98 Å². The second-order valence-electron chi connectivity index (χ2n) is 3.45. The van der Waals surface area contributed by atoms with Crippen LogP contribution in [-0.4, -0.2) is 11.5 Å². The van der Waals surface area contributed by atoms with Crippen LogP contribution in [0.5, 0.6) is 0 Å². The molecule has 0 aliphatic carbocycles. The van der Waals surface area contributed by atoms with E-state index in [4.69, 9.17) is 0 Å². The first-order chi connectivity index (χ1) is 5.88. The van der Waals surface area contributed by atoms with Gasteiger partial charge in [-0.25, -0.2) is 0 Å². The number of hydrogen-bond acceptors (Lipinski definition) is 2. The Hall–Kier alpha value is -0.890. The van der Waals surface area contributed by atoms with E-state index in [9.17, 15) is 0 Å². The smallest absolute Gasteiger partial charge is 0.0575 e. The normalized spacial score (nSPS) is 29.1. The molecule has 1 fully saturated rings. The SMILES string of the molecule is C[C@H]1CCN[C@@H]1c1ccccn1. The van der Waals surface area contributed by atoms with Crippen LogP contribution < -0.4 is 5.32 Å².